The molecule has 1 rings (SSSR count). The van der Waals surface area contributed by atoms with E-state index in [0.717, 1.165) is 17.3 Å². The van der Waals surface area contributed by atoms with Gasteiger partial charge in [0.1, 0.15) is 6.10 Å². The number of thioether (sulfide) groups is 1. The average molecular weight is 271 g/mol. The second kappa shape index (κ2) is 6.72. The second-order valence-electron chi connectivity index (χ2n) is 3.90. The van der Waals surface area contributed by atoms with Crippen LogP contribution in [-0.2, 0) is 4.79 Å². The van der Waals surface area contributed by atoms with Gasteiger partial charge < -0.3 is 14.9 Å². The summed E-state index contributed by atoms with van der Waals surface area (Å²) in [4.78, 5) is 14.8. The molecule has 1 aromatic heterocycles. The van der Waals surface area contributed by atoms with Crippen molar-refractivity contribution in [3.63, 3.8) is 0 Å². The van der Waals surface area contributed by atoms with Crippen LogP contribution in [0.3, 0.4) is 0 Å². The normalized spacial score (nSPS) is 14.1. The fourth-order valence-electron chi connectivity index (χ4n) is 1.46. The molecule has 0 aliphatic heterocycles. The van der Waals surface area contributed by atoms with Crippen molar-refractivity contribution in [2.75, 3.05) is 12.9 Å². The fraction of sp³-hybridized carbons (Fsp3) is 0.500. The van der Waals surface area contributed by atoms with E-state index in [4.69, 9.17) is 4.74 Å². The van der Waals surface area contributed by atoms with Gasteiger partial charge in [-0.15, -0.1) is 0 Å². The summed E-state index contributed by atoms with van der Waals surface area (Å²) in [5.74, 6) is 0.609. The van der Waals surface area contributed by atoms with E-state index >= 15 is 0 Å². The summed E-state index contributed by atoms with van der Waals surface area (Å²) in [6, 6.07) is 1.68. The van der Waals surface area contributed by atoms with Crippen LogP contribution >= 0.6 is 11.8 Å². The maximum absolute atomic E-state index is 10.8. The summed E-state index contributed by atoms with van der Waals surface area (Å²) in [5, 5.41) is 19.7. The molecule has 2 unspecified atom stereocenters. The van der Waals surface area contributed by atoms with Crippen molar-refractivity contribution < 1.29 is 19.7 Å². The van der Waals surface area contributed by atoms with Gasteiger partial charge in [0.05, 0.1) is 13.2 Å². The van der Waals surface area contributed by atoms with E-state index in [1.54, 1.807) is 13.0 Å². The van der Waals surface area contributed by atoms with Gasteiger partial charge >= 0.3 is 0 Å². The summed E-state index contributed by atoms with van der Waals surface area (Å²) in [7, 11) is 1.51. The van der Waals surface area contributed by atoms with Crippen LogP contribution in [-0.4, -0.2) is 39.3 Å². The monoisotopic (exact) mass is 271 g/mol. The van der Waals surface area contributed by atoms with Crippen LogP contribution < -0.4 is 4.74 Å². The topological polar surface area (TPSA) is 79.6 Å². The number of aromatic nitrogens is 1. The van der Waals surface area contributed by atoms with Gasteiger partial charge in [-0.3, -0.25) is 4.79 Å². The molecule has 2 N–H and O–H groups in total. The second-order valence-corrected chi connectivity index (χ2v) is 5.09. The highest BCUT2D eigenvalue weighted by Crippen LogP contribution is 2.24. The standard InChI is InChI=1S/C12H17NO4S/c1-7-4-11(17-3)13-5-9(7)12(16)10(15)6-18-8(2)14/h4-5,10,12,15-16H,6H2,1-3H3. The van der Waals surface area contributed by atoms with Crippen LogP contribution in [0.4, 0.5) is 0 Å². The Kier molecular flexibility index (Phi) is 5.58. The van der Waals surface area contributed by atoms with Crippen LogP contribution in [0.1, 0.15) is 24.2 Å². The maximum atomic E-state index is 10.8. The van der Waals surface area contributed by atoms with Crippen LogP contribution in [0, 0.1) is 6.92 Å². The minimum atomic E-state index is -1.06. The molecule has 0 saturated carbocycles. The first-order valence-corrected chi connectivity index (χ1v) is 6.44. The van der Waals surface area contributed by atoms with E-state index in [1.165, 1.54) is 20.2 Å². The number of pyridine rings is 1. The number of rotatable bonds is 5. The Balaban J connectivity index is 2.76. The average Bonchev–Trinajstić information content (AvgIpc) is 2.34. The van der Waals surface area contributed by atoms with Crippen molar-refractivity contribution in [1.82, 2.24) is 4.98 Å². The molecule has 18 heavy (non-hydrogen) atoms. The molecule has 0 spiro atoms. The van der Waals surface area contributed by atoms with Gasteiger partial charge in [0.2, 0.25) is 5.88 Å². The number of nitrogens with zero attached hydrogens (tertiary/aromatic N) is 1. The molecule has 1 aromatic rings. The van der Waals surface area contributed by atoms with E-state index in [9.17, 15) is 15.0 Å². The number of hydrogen-bond acceptors (Lipinski definition) is 6. The highest BCUT2D eigenvalue weighted by atomic mass is 32.2. The minimum Gasteiger partial charge on any atom is -0.481 e. The van der Waals surface area contributed by atoms with Gasteiger partial charge in [-0.25, -0.2) is 4.98 Å². The molecule has 2 atom stereocenters. The number of hydrogen-bond donors (Lipinski definition) is 2. The molecule has 0 fully saturated rings. The molecule has 0 amide bonds. The lowest BCUT2D eigenvalue weighted by atomic mass is 10.0. The Morgan fingerprint density at radius 3 is 2.72 bits per heavy atom. The Bertz CT molecular complexity index is 425. The van der Waals surface area contributed by atoms with Crippen molar-refractivity contribution in [2.45, 2.75) is 26.1 Å². The van der Waals surface area contributed by atoms with Crippen molar-refractivity contribution in [1.29, 1.82) is 0 Å². The summed E-state index contributed by atoms with van der Waals surface area (Å²) in [6.07, 6.45) is -0.594. The number of ether oxygens (including phenoxy) is 1. The molecule has 0 aliphatic rings. The minimum absolute atomic E-state index is 0.0918. The molecular formula is C12H17NO4S. The van der Waals surface area contributed by atoms with Crippen LogP contribution in [0.2, 0.25) is 0 Å². The number of carbonyl (C=O) groups is 1. The van der Waals surface area contributed by atoms with E-state index in [2.05, 4.69) is 4.98 Å². The molecule has 0 aromatic carbocycles. The Labute approximate surface area is 110 Å². The SMILES string of the molecule is COc1cc(C)c(C(O)C(O)CSC(C)=O)cn1. The summed E-state index contributed by atoms with van der Waals surface area (Å²) in [6.45, 7) is 3.22. The van der Waals surface area contributed by atoms with Crippen molar-refractivity contribution in [3.8, 4) is 5.88 Å². The maximum Gasteiger partial charge on any atom is 0.213 e. The first-order valence-electron chi connectivity index (χ1n) is 5.45. The lowest BCUT2D eigenvalue weighted by molar-refractivity contribution is -0.109. The largest absolute Gasteiger partial charge is 0.481 e. The zero-order valence-electron chi connectivity index (χ0n) is 10.6. The van der Waals surface area contributed by atoms with Crippen molar-refractivity contribution >= 4 is 16.9 Å². The van der Waals surface area contributed by atoms with Gasteiger partial charge in [-0.2, -0.15) is 0 Å². The van der Waals surface area contributed by atoms with Crippen molar-refractivity contribution in [3.05, 3.63) is 23.4 Å². The van der Waals surface area contributed by atoms with Gasteiger partial charge in [0.25, 0.3) is 0 Å². The van der Waals surface area contributed by atoms with E-state index in [-0.39, 0.29) is 10.9 Å². The predicted molar refractivity (Wildman–Crippen MR) is 69.6 cm³/mol. The van der Waals surface area contributed by atoms with Crippen LogP contribution in [0.15, 0.2) is 12.3 Å². The zero-order chi connectivity index (χ0) is 13.7. The molecule has 1 heterocycles. The third-order valence-electron chi connectivity index (χ3n) is 2.48. The number of methoxy groups -OCH3 is 1. The molecular weight excluding hydrogens is 254 g/mol. The lowest BCUT2D eigenvalue weighted by Gasteiger charge is -2.19. The third kappa shape index (κ3) is 3.97. The van der Waals surface area contributed by atoms with Crippen LogP contribution in [0.25, 0.3) is 0 Å². The molecule has 0 bridgehead atoms. The quantitative estimate of drug-likeness (QED) is 0.834. The third-order valence-corrected chi connectivity index (χ3v) is 3.39. The molecule has 5 nitrogen and oxygen atoms in total. The molecule has 0 radical (unpaired) electrons. The van der Waals surface area contributed by atoms with E-state index < -0.39 is 12.2 Å². The Morgan fingerprint density at radius 2 is 2.22 bits per heavy atom. The summed E-state index contributed by atoms with van der Waals surface area (Å²) in [5.41, 5.74) is 1.31. The molecule has 0 saturated heterocycles. The number of carbonyl (C=O) groups excluding carboxylic acids is 1. The lowest BCUT2D eigenvalue weighted by Crippen LogP contribution is -2.22. The number of aliphatic hydroxyl groups excluding tert-OH is 2. The predicted octanol–water partition coefficient (Wildman–Crippen LogP) is 1.07. The molecule has 0 aliphatic carbocycles. The van der Waals surface area contributed by atoms with Gasteiger partial charge in [0, 0.05) is 30.5 Å². The highest BCUT2D eigenvalue weighted by Gasteiger charge is 2.21. The van der Waals surface area contributed by atoms with Crippen LogP contribution in [0.5, 0.6) is 5.88 Å². The number of aliphatic hydroxyl groups is 2. The van der Waals surface area contributed by atoms with E-state index in [1.807, 2.05) is 0 Å². The van der Waals surface area contributed by atoms with Gasteiger partial charge in [0.15, 0.2) is 5.12 Å². The van der Waals surface area contributed by atoms with E-state index in [0.29, 0.717) is 11.4 Å². The smallest absolute Gasteiger partial charge is 0.213 e. The Morgan fingerprint density at radius 1 is 1.56 bits per heavy atom. The zero-order valence-corrected chi connectivity index (χ0v) is 11.4. The van der Waals surface area contributed by atoms with Gasteiger partial charge in [-0.05, 0) is 12.5 Å². The fourth-order valence-corrected chi connectivity index (χ4v) is 2.05. The number of aryl methyl sites for hydroxylation is 1. The Hall–Kier alpha value is -1.11. The molecule has 6 heteroatoms. The first kappa shape index (κ1) is 14.9. The molecule has 100 valence electrons. The van der Waals surface area contributed by atoms with Crippen molar-refractivity contribution in [2.24, 2.45) is 0 Å². The summed E-state index contributed by atoms with van der Waals surface area (Å²) < 4.78 is 4.97. The summed E-state index contributed by atoms with van der Waals surface area (Å²) >= 11 is 0.982. The van der Waals surface area contributed by atoms with Gasteiger partial charge in [-0.1, -0.05) is 11.8 Å². The first-order chi connectivity index (χ1) is 8.45. The highest BCUT2D eigenvalue weighted by molar-refractivity contribution is 8.13.